The number of ether oxygens (including phenoxy) is 1. The topological polar surface area (TPSA) is 22.1 Å². The van der Waals surface area contributed by atoms with E-state index in [0.29, 0.717) is 0 Å². The molecule has 94 valence electrons. The van der Waals surface area contributed by atoms with Crippen LogP contribution in [0.5, 0.6) is 5.75 Å². The fourth-order valence-electron chi connectivity index (χ4n) is 2.15. The molecule has 2 aromatic carbocycles. The van der Waals surface area contributed by atoms with Crippen molar-refractivity contribution in [2.45, 2.75) is 0 Å². The molecule has 0 spiro atoms. The molecule has 3 aromatic rings. The lowest BCUT2D eigenvalue weighted by molar-refractivity contribution is 0.417. The Morgan fingerprint density at radius 2 is 1.68 bits per heavy atom. The molecule has 19 heavy (non-hydrogen) atoms. The lowest BCUT2D eigenvalue weighted by Crippen LogP contribution is -1.91. The molecule has 0 amide bonds. The van der Waals surface area contributed by atoms with Crippen molar-refractivity contribution < 1.29 is 4.74 Å². The molecule has 1 aromatic heterocycles. The molecule has 3 rings (SSSR count). The van der Waals surface area contributed by atoms with E-state index < -0.39 is 0 Å². The van der Waals surface area contributed by atoms with Crippen molar-refractivity contribution in [3.63, 3.8) is 0 Å². The van der Waals surface area contributed by atoms with Gasteiger partial charge in [0.15, 0.2) is 0 Å². The van der Waals surface area contributed by atoms with Gasteiger partial charge in [-0.1, -0.05) is 30.3 Å². The van der Waals surface area contributed by atoms with Gasteiger partial charge in [-0.05, 0) is 51.0 Å². The van der Waals surface area contributed by atoms with Crippen LogP contribution in [0.15, 0.2) is 59.2 Å². The molecular weight excluding hydrogens is 302 g/mol. The molecule has 2 nitrogen and oxygen atoms in total. The number of hydrogen-bond acceptors (Lipinski definition) is 2. The Morgan fingerprint density at radius 3 is 2.37 bits per heavy atom. The van der Waals surface area contributed by atoms with Gasteiger partial charge < -0.3 is 4.74 Å². The molecule has 0 aliphatic heterocycles. The lowest BCUT2D eigenvalue weighted by atomic mass is 10.0. The van der Waals surface area contributed by atoms with Crippen LogP contribution in [0.4, 0.5) is 0 Å². The molecule has 1 heterocycles. The van der Waals surface area contributed by atoms with Crippen molar-refractivity contribution in [1.29, 1.82) is 0 Å². The quantitative estimate of drug-likeness (QED) is 0.641. The number of pyridine rings is 1. The van der Waals surface area contributed by atoms with Gasteiger partial charge in [0.25, 0.3) is 0 Å². The summed E-state index contributed by atoms with van der Waals surface area (Å²) in [6.07, 6.45) is 0. The van der Waals surface area contributed by atoms with E-state index >= 15 is 0 Å². The van der Waals surface area contributed by atoms with Crippen LogP contribution in [0.25, 0.3) is 22.0 Å². The van der Waals surface area contributed by atoms with Gasteiger partial charge in [-0.25, -0.2) is 4.98 Å². The van der Waals surface area contributed by atoms with Crippen LogP contribution >= 0.6 is 15.9 Å². The van der Waals surface area contributed by atoms with Crippen molar-refractivity contribution in [1.82, 2.24) is 4.98 Å². The van der Waals surface area contributed by atoms with Crippen LogP contribution in [0.1, 0.15) is 0 Å². The van der Waals surface area contributed by atoms with E-state index in [0.717, 1.165) is 27.0 Å². The second kappa shape index (κ2) is 5.02. The molecule has 0 aliphatic carbocycles. The van der Waals surface area contributed by atoms with Gasteiger partial charge in [-0.15, -0.1) is 0 Å². The van der Waals surface area contributed by atoms with E-state index in [1.165, 1.54) is 5.39 Å². The van der Waals surface area contributed by atoms with E-state index in [4.69, 9.17) is 4.74 Å². The standard InChI is InChI=1S/C16H12BrNO/c1-19-15-10-12-6-3-2-5-11(12)9-13(15)14-7-4-8-16(17)18-14/h2-10H,1H3. The van der Waals surface area contributed by atoms with Gasteiger partial charge in [0, 0.05) is 5.56 Å². The molecule has 0 radical (unpaired) electrons. The van der Waals surface area contributed by atoms with Crippen molar-refractivity contribution in [2.24, 2.45) is 0 Å². The zero-order chi connectivity index (χ0) is 13.2. The van der Waals surface area contributed by atoms with E-state index in [-0.39, 0.29) is 0 Å². The largest absolute Gasteiger partial charge is 0.496 e. The fourth-order valence-corrected chi connectivity index (χ4v) is 2.49. The van der Waals surface area contributed by atoms with Gasteiger partial charge in [0.1, 0.15) is 10.4 Å². The fraction of sp³-hybridized carbons (Fsp3) is 0.0625. The summed E-state index contributed by atoms with van der Waals surface area (Å²) in [4.78, 5) is 4.50. The van der Waals surface area contributed by atoms with E-state index in [9.17, 15) is 0 Å². The maximum Gasteiger partial charge on any atom is 0.128 e. The van der Waals surface area contributed by atoms with Crippen LogP contribution in [0, 0.1) is 0 Å². The third-order valence-corrected chi connectivity index (χ3v) is 3.50. The summed E-state index contributed by atoms with van der Waals surface area (Å²) in [7, 11) is 1.69. The molecule has 0 bridgehead atoms. The second-order valence-corrected chi connectivity index (χ2v) is 5.06. The molecular formula is C16H12BrNO. The summed E-state index contributed by atoms with van der Waals surface area (Å²) >= 11 is 3.40. The Kier molecular flexibility index (Phi) is 3.22. The average molecular weight is 314 g/mol. The normalized spacial score (nSPS) is 10.6. The summed E-state index contributed by atoms with van der Waals surface area (Å²) in [5.74, 6) is 0.837. The first-order valence-electron chi connectivity index (χ1n) is 5.97. The number of benzene rings is 2. The monoisotopic (exact) mass is 313 g/mol. The summed E-state index contributed by atoms with van der Waals surface area (Å²) in [6, 6.07) is 18.3. The van der Waals surface area contributed by atoms with Crippen molar-refractivity contribution >= 4 is 26.7 Å². The third-order valence-electron chi connectivity index (χ3n) is 3.06. The molecule has 0 saturated heterocycles. The van der Waals surface area contributed by atoms with Gasteiger partial charge >= 0.3 is 0 Å². The highest BCUT2D eigenvalue weighted by atomic mass is 79.9. The Labute approximate surface area is 120 Å². The maximum atomic E-state index is 5.49. The molecule has 0 saturated carbocycles. The van der Waals surface area contributed by atoms with E-state index in [1.54, 1.807) is 7.11 Å². The second-order valence-electron chi connectivity index (χ2n) is 4.25. The van der Waals surface area contributed by atoms with E-state index in [1.807, 2.05) is 36.4 Å². The predicted molar refractivity (Wildman–Crippen MR) is 81.4 cm³/mol. The molecule has 0 N–H and O–H groups in total. The first kappa shape index (κ1) is 12.2. The van der Waals surface area contributed by atoms with Gasteiger partial charge in [0.2, 0.25) is 0 Å². The SMILES string of the molecule is COc1cc2ccccc2cc1-c1cccc(Br)n1. The minimum atomic E-state index is 0.820. The Morgan fingerprint density at radius 1 is 0.947 bits per heavy atom. The predicted octanol–water partition coefficient (Wildman–Crippen LogP) is 4.67. The molecule has 0 fully saturated rings. The highest BCUT2D eigenvalue weighted by molar-refractivity contribution is 9.10. The zero-order valence-electron chi connectivity index (χ0n) is 10.4. The highest BCUT2D eigenvalue weighted by Gasteiger charge is 2.09. The number of halogens is 1. The lowest BCUT2D eigenvalue weighted by Gasteiger charge is -2.10. The number of fused-ring (bicyclic) bond motifs is 1. The number of methoxy groups -OCH3 is 1. The Balaban J connectivity index is 2.27. The van der Waals surface area contributed by atoms with Crippen molar-refractivity contribution in [3.8, 4) is 17.0 Å². The number of nitrogens with zero attached hydrogens (tertiary/aromatic N) is 1. The van der Waals surface area contributed by atoms with Crippen molar-refractivity contribution in [2.75, 3.05) is 7.11 Å². The molecule has 0 atom stereocenters. The summed E-state index contributed by atoms with van der Waals surface area (Å²) < 4.78 is 6.31. The first-order chi connectivity index (χ1) is 9.28. The molecule has 3 heteroatoms. The van der Waals surface area contributed by atoms with Gasteiger partial charge in [-0.2, -0.15) is 0 Å². The number of rotatable bonds is 2. The van der Waals surface area contributed by atoms with Crippen molar-refractivity contribution in [3.05, 3.63) is 59.2 Å². The van der Waals surface area contributed by atoms with Gasteiger partial charge in [-0.3, -0.25) is 0 Å². The van der Waals surface area contributed by atoms with Crippen LogP contribution in [0.2, 0.25) is 0 Å². The Hall–Kier alpha value is -1.87. The van der Waals surface area contributed by atoms with Crippen LogP contribution in [0.3, 0.4) is 0 Å². The Bertz CT molecular complexity index is 740. The van der Waals surface area contributed by atoms with Crippen LogP contribution in [-0.2, 0) is 0 Å². The summed E-state index contributed by atoms with van der Waals surface area (Å²) in [5, 5.41) is 2.35. The van der Waals surface area contributed by atoms with Crippen LogP contribution < -0.4 is 4.74 Å². The smallest absolute Gasteiger partial charge is 0.128 e. The zero-order valence-corrected chi connectivity index (χ0v) is 12.0. The average Bonchev–Trinajstić information content (AvgIpc) is 2.46. The van der Waals surface area contributed by atoms with Gasteiger partial charge in [0.05, 0.1) is 12.8 Å². The molecule has 0 aliphatic rings. The first-order valence-corrected chi connectivity index (χ1v) is 6.77. The third kappa shape index (κ3) is 2.34. The highest BCUT2D eigenvalue weighted by Crippen LogP contribution is 2.33. The number of hydrogen-bond donors (Lipinski definition) is 0. The number of aromatic nitrogens is 1. The minimum Gasteiger partial charge on any atom is -0.496 e. The summed E-state index contributed by atoms with van der Waals surface area (Å²) in [5.41, 5.74) is 1.90. The molecule has 0 unspecified atom stereocenters. The van der Waals surface area contributed by atoms with Crippen LogP contribution in [-0.4, -0.2) is 12.1 Å². The summed E-state index contributed by atoms with van der Waals surface area (Å²) in [6.45, 7) is 0. The van der Waals surface area contributed by atoms with E-state index in [2.05, 4.69) is 39.1 Å². The maximum absolute atomic E-state index is 5.49. The minimum absolute atomic E-state index is 0.820.